The van der Waals surface area contributed by atoms with Crippen molar-refractivity contribution in [3.63, 3.8) is 0 Å². The number of hydrogen-bond donors (Lipinski definition) is 1. The van der Waals surface area contributed by atoms with Crippen LogP contribution in [-0.2, 0) is 6.61 Å². The first-order valence-corrected chi connectivity index (χ1v) is 6.79. The van der Waals surface area contributed by atoms with Gasteiger partial charge in [-0.1, -0.05) is 6.07 Å². The molecule has 0 aliphatic rings. The molecule has 0 atom stereocenters. The minimum atomic E-state index is -1.09. The van der Waals surface area contributed by atoms with Gasteiger partial charge in [0.25, 0.3) is 0 Å². The molecule has 0 spiro atoms. The summed E-state index contributed by atoms with van der Waals surface area (Å²) in [5, 5.41) is 9.02. The molecule has 2 aromatic rings. The van der Waals surface area contributed by atoms with E-state index < -0.39 is 17.6 Å². The van der Waals surface area contributed by atoms with Crippen molar-refractivity contribution in [2.75, 3.05) is 0 Å². The van der Waals surface area contributed by atoms with Crippen LogP contribution in [0.2, 0.25) is 0 Å². The predicted octanol–water partition coefficient (Wildman–Crippen LogP) is 4.31. The van der Waals surface area contributed by atoms with Crippen molar-refractivity contribution in [1.29, 1.82) is 0 Å². The van der Waals surface area contributed by atoms with E-state index in [0.717, 1.165) is 6.07 Å². The molecule has 0 heterocycles. The second-order valence-corrected chi connectivity index (χ2v) is 5.20. The van der Waals surface area contributed by atoms with E-state index >= 15 is 0 Å². The van der Waals surface area contributed by atoms with Gasteiger partial charge >= 0.3 is 5.97 Å². The zero-order chi connectivity index (χ0) is 15.6. The van der Waals surface area contributed by atoms with E-state index in [4.69, 9.17) is 9.84 Å². The molecular formula is C15H11BrF2O3. The minimum Gasteiger partial charge on any atom is -0.488 e. The number of halogens is 3. The minimum absolute atomic E-state index is 0.0858. The maximum Gasteiger partial charge on any atom is 0.336 e. The van der Waals surface area contributed by atoms with Crippen LogP contribution >= 0.6 is 15.9 Å². The lowest BCUT2D eigenvalue weighted by atomic mass is 10.1. The summed E-state index contributed by atoms with van der Waals surface area (Å²) >= 11 is 2.98. The molecule has 0 unspecified atom stereocenters. The number of carboxylic acid groups (broad SMARTS) is 1. The van der Waals surface area contributed by atoms with Crippen LogP contribution in [0.1, 0.15) is 21.5 Å². The van der Waals surface area contributed by atoms with E-state index in [9.17, 15) is 13.6 Å². The lowest BCUT2D eigenvalue weighted by Crippen LogP contribution is -2.06. The highest BCUT2D eigenvalue weighted by Crippen LogP contribution is 2.26. The topological polar surface area (TPSA) is 46.5 Å². The van der Waals surface area contributed by atoms with Gasteiger partial charge in [-0.15, -0.1) is 0 Å². The Kier molecular flexibility index (Phi) is 4.57. The van der Waals surface area contributed by atoms with Crippen molar-refractivity contribution in [2.45, 2.75) is 13.5 Å². The van der Waals surface area contributed by atoms with Gasteiger partial charge in [-0.3, -0.25) is 0 Å². The van der Waals surface area contributed by atoms with Crippen LogP contribution in [-0.4, -0.2) is 11.1 Å². The second-order valence-electron chi connectivity index (χ2n) is 4.34. The van der Waals surface area contributed by atoms with Gasteiger partial charge in [0.15, 0.2) is 0 Å². The molecule has 0 aromatic heterocycles. The molecule has 0 saturated heterocycles. The number of rotatable bonds is 4. The average molecular weight is 357 g/mol. The first-order valence-electron chi connectivity index (χ1n) is 6.00. The third-order valence-corrected chi connectivity index (χ3v) is 3.64. The first-order chi connectivity index (χ1) is 9.91. The zero-order valence-electron chi connectivity index (χ0n) is 11.0. The fourth-order valence-electron chi connectivity index (χ4n) is 1.85. The Labute approximate surface area is 128 Å². The second kappa shape index (κ2) is 6.22. The molecule has 1 N–H and O–H groups in total. The Morgan fingerprint density at radius 3 is 2.67 bits per heavy atom. The van der Waals surface area contributed by atoms with Crippen LogP contribution in [0.25, 0.3) is 0 Å². The summed E-state index contributed by atoms with van der Waals surface area (Å²) in [5.41, 5.74) is 0.271. The van der Waals surface area contributed by atoms with Gasteiger partial charge in [0.2, 0.25) is 0 Å². The highest BCUT2D eigenvalue weighted by Gasteiger charge is 2.15. The number of aromatic carboxylic acids is 1. The van der Waals surface area contributed by atoms with Crippen molar-refractivity contribution >= 4 is 21.9 Å². The van der Waals surface area contributed by atoms with Crippen molar-refractivity contribution in [2.24, 2.45) is 0 Å². The lowest BCUT2D eigenvalue weighted by Gasteiger charge is -2.12. The molecule has 0 fully saturated rings. The maximum atomic E-state index is 13.8. The first kappa shape index (κ1) is 15.4. The van der Waals surface area contributed by atoms with Gasteiger partial charge in [-0.05, 0) is 47.1 Å². The van der Waals surface area contributed by atoms with Gasteiger partial charge in [0, 0.05) is 5.56 Å². The smallest absolute Gasteiger partial charge is 0.336 e. The number of benzene rings is 2. The Morgan fingerprint density at radius 1 is 1.29 bits per heavy atom. The summed E-state index contributed by atoms with van der Waals surface area (Å²) in [6.45, 7) is 1.24. The molecule has 110 valence electrons. The van der Waals surface area contributed by atoms with Crippen molar-refractivity contribution < 1.29 is 23.4 Å². The summed E-state index contributed by atoms with van der Waals surface area (Å²) in [4.78, 5) is 11.0. The Bertz CT molecular complexity index is 702. The Morgan fingerprint density at radius 2 is 2.00 bits per heavy atom. The SMILES string of the molecule is Cc1c(OCc2c(F)ccc(Br)c2F)cccc1C(=O)O. The van der Waals surface area contributed by atoms with Crippen LogP contribution < -0.4 is 4.74 Å². The molecule has 0 bridgehead atoms. The van der Waals surface area contributed by atoms with Gasteiger partial charge in [0.05, 0.1) is 15.6 Å². The van der Waals surface area contributed by atoms with Crippen LogP contribution in [0.5, 0.6) is 5.75 Å². The standard InChI is InChI=1S/C15H11BrF2O3/c1-8-9(15(19)20)3-2-4-13(8)21-7-10-12(17)6-5-11(16)14(10)18/h2-6H,7H2,1H3,(H,19,20). The van der Waals surface area contributed by atoms with Gasteiger partial charge in [-0.2, -0.15) is 0 Å². The van der Waals surface area contributed by atoms with Gasteiger partial charge in [0.1, 0.15) is 24.0 Å². The Balaban J connectivity index is 2.27. The largest absolute Gasteiger partial charge is 0.488 e. The average Bonchev–Trinajstić information content (AvgIpc) is 2.44. The van der Waals surface area contributed by atoms with E-state index in [1.807, 2.05) is 0 Å². The molecule has 2 rings (SSSR count). The number of carboxylic acids is 1. The molecule has 3 nitrogen and oxygen atoms in total. The number of hydrogen-bond acceptors (Lipinski definition) is 2. The molecule has 2 aromatic carbocycles. The van der Waals surface area contributed by atoms with Crippen LogP contribution in [0.4, 0.5) is 8.78 Å². The van der Waals surface area contributed by atoms with Crippen molar-refractivity contribution in [3.05, 3.63) is 63.1 Å². The van der Waals surface area contributed by atoms with Crippen LogP contribution in [0.3, 0.4) is 0 Å². The lowest BCUT2D eigenvalue weighted by molar-refractivity contribution is 0.0695. The molecule has 0 aliphatic carbocycles. The number of ether oxygens (including phenoxy) is 1. The highest BCUT2D eigenvalue weighted by molar-refractivity contribution is 9.10. The van der Waals surface area contributed by atoms with E-state index in [2.05, 4.69) is 15.9 Å². The van der Waals surface area contributed by atoms with Crippen LogP contribution in [0, 0.1) is 18.6 Å². The van der Waals surface area contributed by atoms with E-state index in [0.29, 0.717) is 5.56 Å². The highest BCUT2D eigenvalue weighted by atomic mass is 79.9. The fourth-order valence-corrected chi connectivity index (χ4v) is 2.23. The summed E-state index contributed by atoms with van der Waals surface area (Å²) in [6.07, 6.45) is 0. The van der Waals surface area contributed by atoms with E-state index in [1.165, 1.54) is 18.2 Å². The third-order valence-electron chi connectivity index (χ3n) is 3.03. The molecule has 6 heteroatoms. The third kappa shape index (κ3) is 3.21. The zero-order valence-corrected chi connectivity index (χ0v) is 12.6. The molecule has 21 heavy (non-hydrogen) atoms. The number of carbonyl (C=O) groups is 1. The fraction of sp³-hybridized carbons (Fsp3) is 0.133. The maximum absolute atomic E-state index is 13.8. The molecule has 0 saturated carbocycles. The van der Waals surface area contributed by atoms with Gasteiger partial charge < -0.3 is 9.84 Å². The Hall–Kier alpha value is -1.95. The molecule has 0 radical (unpaired) electrons. The summed E-state index contributed by atoms with van der Waals surface area (Å²) in [7, 11) is 0. The van der Waals surface area contributed by atoms with Gasteiger partial charge in [-0.25, -0.2) is 13.6 Å². The summed E-state index contributed by atoms with van der Waals surface area (Å²) < 4.78 is 32.9. The molecule has 0 amide bonds. The summed E-state index contributed by atoms with van der Waals surface area (Å²) in [6, 6.07) is 6.90. The normalized spacial score (nSPS) is 10.5. The summed E-state index contributed by atoms with van der Waals surface area (Å²) in [5.74, 6) is -2.27. The van der Waals surface area contributed by atoms with Crippen LogP contribution in [0.15, 0.2) is 34.8 Å². The van der Waals surface area contributed by atoms with Crippen molar-refractivity contribution in [1.82, 2.24) is 0 Å². The predicted molar refractivity (Wildman–Crippen MR) is 76.5 cm³/mol. The van der Waals surface area contributed by atoms with Crippen molar-refractivity contribution in [3.8, 4) is 5.75 Å². The molecular weight excluding hydrogens is 346 g/mol. The monoisotopic (exact) mass is 356 g/mol. The quantitative estimate of drug-likeness (QED) is 0.830. The molecule has 0 aliphatic heterocycles. The van der Waals surface area contributed by atoms with E-state index in [1.54, 1.807) is 13.0 Å². The van der Waals surface area contributed by atoms with E-state index in [-0.39, 0.29) is 28.0 Å².